The highest BCUT2D eigenvalue weighted by Crippen LogP contribution is 2.30. The summed E-state index contributed by atoms with van der Waals surface area (Å²) in [4.78, 5) is 40.3. The van der Waals surface area contributed by atoms with Crippen LogP contribution in [0.25, 0.3) is 0 Å². The van der Waals surface area contributed by atoms with Gasteiger partial charge in [-0.25, -0.2) is 4.79 Å². The van der Waals surface area contributed by atoms with E-state index in [9.17, 15) is 19.5 Å². The number of alkyl carbamates (subject to hydrolysis) is 1. The normalized spacial score (nSPS) is 13.2. The molecule has 1 rings (SSSR count). The molecular weight excluding hydrogens is 410 g/mol. The van der Waals surface area contributed by atoms with Gasteiger partial charge in [0.15, 0.2) is 0 Å². The minimum atomic E-state index is -1.04. The average Bonchev–Trinajstić information content (AvgIpc) is 2.65. The second-order valence-electron chi connectivity index (χ2n) is 9.23. The van der Waals surface area contributed by atoms with E-state index in [4.69, 9.17) is 4.74 Å². The van der Waals surface area contributed by atoms with Gasteiger partial charge in [0.2, 0.25) is 11.8 Å². The number of rotatable bonds is 10. The number of nitrogens with one attached hydrogen (secondary N) is 2. The molecule has 0 radical (unpaired) electrons. The summed E-state index contributed by atoms with van der Waals surface area (Å²) < 4.78 is 5.26. The number of aromatic hydroxyl groups is 1. The van der Waals surface area contributed by atoms with Gasteiger partial charge in [-0.3, -0.25) is 9.59 Å². The summed E-state index contributed by atoms with van der Waals surface area (Å²) in [5.74, 6) is -0.896. The van der Waals surface area contributed by atoms with E-state index in [0.717, 1.165) is 12.8 Å². The minimum absolute atomic E-state index is 0.0718. The highest BCUT2D eigenvalue weighted by Gasteiger charge is 2.35. The summed E-state index contributed by atoms with van der Waals surface area (Å²) in [6.07, 6.45) is 1.78. The van der Waals surface area contributed by atoms with Crippen molar-refractivity contribution in [3.05, 3.63) is 29.8 Å². The molecule has 1 aromatic carbocycles. The van der Waals surface area contributed by atoms with Crippen molar-refractivity contribution >= 4 is 17.9 Å². The summed E-state index contributed by atoms with van der Waals surface area (Å²) in [6, 6.07) is 4.38. The molecule has 0 aromatic heterocycles. The zero-order valence-corrected chi connectivity index (χ0v) is 20.4. The van der Waals surface area contributed by atoms with Crippen LogP contribution in [0.2, 0.25) is 0 Å². The maximum Gasteiger partial charge on any atom is 0.408 e. The number of phenols is 1. The third kappa shape index (κ3) is 8.77. The van der Waals surface area contributed by atoms with Gasteiger partial charge in [-0.1, -0.05) is 38.0 Å². The molecule has 0 bridgehead atoms. The largest absolute Gasteiger partial charge is 0.508 e. The molecule has 8 nitrogen and oxygen atoms in total. The van der Waals surface area contributed by atoms with E-state index < -0.39 is 35.6 Å². The van der Waals surface area contributed by atoms with E-state index in [1.807, 2.05) is 20.8 Å². The number of phenolic OH excluding ortho intramolecular Hbond substituents is 1. The fraction of sp³-hybridized carbons (Fsp3) is 0.625. The maximum absolute atomic E-state index is 13.4. The van der Waals surface area contributed by atoms with Gasteiger partial charge in [0.25, 0.3) is 0 Å². The third-order valence-corrected chi connectivity index (χ3v) is 4.61. The van der Waals surface area contributed by atoms with Crippen molar-refractivity contribution in [1.29, 1.82) is 0 Å². The van der Waals surface area contributed by atoms with Crippen LogP contribution in [0.4, 0.5) is 4.79 Å². The van der Waals surface area contributed by atoms with Crippen molar-refractivity contribution in [3.63, 3.8) is 0 Å². The number of amides is 3. The van der Waals surface area contributed by atoms with Crippen LogP contribution in [0.3, 0.4) is 0 Å². The number of unbranched alkanes of at least 4 members (excludes halogenated alkanes) is 2. The summed E-state index contributed by atoms with van der Waals surface area (Å²) in [6.45, 7) is 12.8. The van der Waals surface area contributed by atoms with Crippen LogP contribution in [0.5, 0.6) is 5.75 Å². The Hall–Kier alpha value is -2.77. The van der Waals surface area contributed by atoms with E-state index in [1.165, 1.54) is 11.0 Å². The summed E-state index contributed by atoms with van der Waals surface area (Å²) in [7, 11) is 0. The third-order valence-electron chi connectivity index (χ3n) is 4.61. The van der Waals surface area contributed by atoms with Gasteiger partial charge >= 0.3 is 6.09 Å². The van der Waals surface area contributed by atoms with Gasteiger partial charge in [0, 0.05) is 18.2 Å². The molecule has 3 N–H and O–H groups in total. The Morgan fingerprint density at radius 2 is 1.69 bits per heavy atom. The van der Waals surface area contributed by atoms with Crippen LogP contribution in [0, 0.1) is 0 Å². The molecule has 0 spiro atoms. The fourth-order valence-corrected chi connectivity index (χ4v) is 3.23. The molecule has 0 aliphatic carbocycles. The molecule has 0 aliphatic heterocycles. The van der Waals surface area contributed by atoms with Crippen LogP contribution in [-0.2, 0) is 14.3 Å². The van der Waals surface area contributed by atoms with Gasteiger partial charge in [0.1, 0.15) is 23.4 Å². The Bertz CT molecular complexity index is 773. The van der Waals surface area contributed by atoms with Crippen LogP contribution in [0.1, 0.15) is 79.3 Å². The first-order chi connectivity index (χ1) is 14.9. The molecule has 0 fully saturated rings. The second kappa shape index (κ2) is 12.3. The Balaban J connectivity index is 3.29. The van der Waals surface area contributed by atoms with E-state index >= 15 is 0 Å². The number of para-hydroxylation sites is 1. The Morgan fingerprint density at radius 3 is 2.22 bits per heavy atom. The summed E-state index contributed by atoms with van der Waals surface area (Å²) in [5, 5.41) is 15.9. The fourth-order valence-electron chi connectivity index (χ4n) is 3.23. The summed E-state index contributed by atoms with van der Waals surface area (Å²) in [5.41, 5.74) is -0.372. The molecule has 0 heterocycles. The smallest absolute Gasteiger partial charge is 0.408 e. The monoisotopic (exact) mass is 449 g/mol. The van der Waals surface area contributed by atoms with Crippen LogP contribution < -0.4 is 10.6 Å². The number of ether oxygens (including phenoxy) is 1. The Kier molecular flexibility index (Phi) is 10.5. The molecule has 3 amide bonds. The number of carbonyl (C=O) groups excluding carboxylic acids is 3. The van der Waals surface area contributed by atoms with Gasteiger partial charge in [0.05, 0.1) is 0 Å². The van der Waals surface area contributed by atoms with Crippen molar-refractivity contribution in [2.45, 2.75) is 91.5 Å². The van der Waals surface area contributed by atoms with Gasteiger partial charge in [-0.2, -0.15) is 0 Å². The minimum Gasteiger partial charge on any atom is -0.508 e. The molecule has 2 unspecified atom stereocenters. The number of benzene rings is 1. The zero-order chi connectivity index (χ0) is 24.5. The molecular formula is C24H39N3O5. The first-order valence-electron chi connectivity index (χ1n) is 11.3. The first kappa shape index (κ1) is 27.3. The Morgan fingerprint density at radius 1 is 1.06 bits per heavy atom. The predicted octanol–water partition coefficient (Wildman–Crippen LogP) is 3.89. The lowest BCUT2D eigenvalue weighted by atomic mass is 10.0. The molecule has 2 atom stereocenters. The van der Waals surface area contributed by atoms with E-state index in [1.54, 1.807) is 45.9 Å². The van der Waals surface area contributed by atoms with Crippen LogP contribution in [0.15, 0.2) is 24.3 Å². The predicted molar refractivity (Wildman–Crippen MR) is 124 cm³/mol. The van der Waals surface area contributed by atoms with Gasteiger partial charge in [-0.15, -0.1) is 0 Å². The van der Waals surface area contributed by atoms with Crippen molar-refractivity contribution in [3.8, 4) is 5.75 Å². The number of carbonyl (C=O) groups is 3. The van der Waals surface area contributed by atoms with E-state index in [2.05, 4.69) is 10.6 Å². The number of nitrogens with zero attached hydrogens (tertiary/aromatic N) is 1. The lowest BCUT2D eigenvalue weighted by molar-refractivity contribution is -0.142. The summed E-state index contributed by atoms with van der Waals surface area (Å²) >= 11 is 0. The molecule has 180 valence electrons. The highest BCUT2D eigenvalue weighted by atomic mass is 16.6. The second-order valence-corrected chi connectivity index (χ2v) is 9.23. The van der Waals surface area contributed by atoms with Gasteiger partial charge in [-0.05, 0) is 54.0 Å². The van der Waals surface area contributed by atoms with Gasteiger partial charge < -0.3 is 25.4 Å². The Labute approximate surface area is 191 Å². The molecule has 1 aromatic rings. The zero-order valence-electron chi connectivity index (χ0n) is 20.4. The molecule has 0 aliphatic rings. The van der Waals surface area contributed by atoms with Crippen molar-refractivity contribution < 1.29 is 24.2 Å². The molecule has 0 saturated heterocycles. The van der Waals surface area contributed by atoms with E-state index in [0.29, 0.717) is 18.5 Å². The lowest BCUT2D eigenvalue weighted by Crippen LogP contribution is -2.52. The number of hydrogen-bond donors (Lipinski definition) is 3. The molecule has 8 heteroatoms. The molecule has 32 heavy (non-hydrogen) atoms. The topological polar surface area (TPSA) is 108 Å². The average molecular weight is 450 g/mol. The van der Waals surface area contributed by atoms with Crippen molar-refractivity contribution in [2.75, 3.05) is 6.54 Å². The van der Waals surface area contributed by atoms with Crippen LogP contribution in [-0.4, -0.2) is 52.1 Å². The SMILES string of the molecule is CCCCCN(C(=O)C(C)NC(=O)OC(C)(C)C)C(C(=O)NC(C)C)c1ccccc1O. The quantitative estimate of drug-likeness (QED) is 0.470. The highest BCUT2D eigenvalue weighted by molar-refractivity contribution is 5.92. The first-order valence-corrected chi connectivity index (χ1v) is 11.3. The number of hydrogen-bond acceptors (Lipinski definition) is 5. The van der Waals surface area contributed by atoms with E-state index in [-0.39, 0.29) is 11.8 Å². The van der Waals surface area contributed by atoms with Crippen molar-refractivity contribution in [1.82, 2.24) is 15.5 Å². The van der Waals surface area contributed by atoms with Crippen LogP contribution >= 0.6 is 0 Å². The molecule has 0 saturated carbocycles. The standard InChI is InChI=1S/C24H39N3O5/c1-8-9-12-15-27(22(30)17(4)26-23(31)32-24(5,6)7)20(21(29)25-16(2)3)18-13-10-11-14-19(18)28/h10-11,13-14,16-17,20,28H,8-9,12,15H2,1-7H3,(H,25,29)(H,26,31). The maximum atomic E-state index is 13.4. The van der Waals surface area contributed by atoms with Crippen molar-refractivity contribution in [2.24, 2.45) is 0 Å². The lowest BCUT2D eigenvalue weighted by Gasteiger charge is -2.34.